The Kier molecular flexibility index (Phi) is 6.70. The average molecular weight is 290 g/mol. The van der Waals surface area contributed by atoms with Gasteiger partial charge in [0.25, 0.3) is 0 Å². The van der Waals surface area contributed by atoms with Gasteiger partial charge < -0.3 is 15.4 Å². The molecule has 0 radical (unpaired) electrons. The lowest BCUT2D eigenvalue weighted by molar-refractivity contribution is -0.121. The molecule has 1 aliphatic rings. The zero-order chi connectivity index (χ0) is 14.9. The van der Waals surface area contributed by atoms with Gasteiger partial charge in [0, 0.05) is 26.1 Å². The number of rotatable bonds is 7. The van der Waals surface area contributed by atoms with Gasteiger partial charge in [0.1, 0.15) is 0 Å². The zero-order valence-corrected chi connectivity index (χ0v) is 12.9. The lowest BCUT2D eigenvalue weighted by atomic mass is 10.0. The second-order valence-corrected chi connectivity index (χ2v) is 5.66. The highest BCUT2D eigenvalue weighted by molar-refractivity contribution is 5.75. The number of nitrogens with one attached hydrogen (secondary N) is 2. The van der Waals surface area contributed by atoms with E-state index in [9.17, 15) is 4.79 Å². The minimum absolute atomic E-state index is 0.134. The van der Waals surface area contributed by atoms with E-state index in [1.165, 1.54) is 19.3 Å². The number of benzene rings is 1. The molecule has 21 heavy (non-hydrogen) atoms. The fraction of sp³-hybridized carbons (Fsp3) is 0.588. The van der Waals surface area contributed by atoms with Crippen LogP contribution >= 0.6 is 0 Å². The molecule has 1 unspecified atom stereocenters. The van der Waals surface area contributed by atoms with E-state index in [1.54, 1.807) is 7.11 Å². The number of hydrogen-bond donors (Lipinski definition) is 2. The molecular weight excluding hydrogens is 264 g/mol. The van der Waals surface area contributed by atoms with E-state index in [1.807, 2.05) is 24.3 Å². The minimum atomic E-state index is 0.134. The van der Waals surface area contributed by atoms with E-state index in [0.717, 1.165) is 24.1 Å². The number of hydrogen-bond acceptors (Lipinski definition) is 3. The summed E-state index contributed by atoms with van der Waals surface area (Å²) in [6.45, 7) is 2.26. The molecule has 2 N–H and O–H groups in total. The van der Waals surface area contributed by atoms with Crippen molar-refractivity contribution < 1.29 is 9.53 Å². The third kappa shape index (κ3) is 5.48. The van der Waals surface area contributed by atoms with Crippen molar-refractivity contribution in [3.63, 3.8) is 0 Å². The van der Waals surface area contributed by atoms with Crippen LogP contribution in [0.4, 0.5) is 0 Å². The smallest absolute Gasteiger partial charge is 0.220 e. The van der Waals surface area contributed by atoms with Crippen LogP contribution in [0.15, 0.2) is 24.3 Å². The molecule has 1 saturated heterocycles. The average Bonchev–Trinajstić information content (AvgIpc) is 2.53. The van der Waals surface area contributed by atoms with Crippen molar-refractivity contribution in [2.75, 3.05) is 13.7 Å². The van der Waals surface area contributed by atoms with E-state index < -0.39 is 0 Å². The lowest BCUT2D eigenvalue weighted by Gasteiger charge is -2.23. The molecule has 0 aromatic heterocycles. The summed E-state index contributed by atoms with van der Waals surface area (Å²) in [5.41, 5.74) is 2.26. The molecule has 1 atom stereocenters. The summed E-state index contributed by atoms with van der Waals surface area (Å²) in [6.07, 6.45) is 5.28. The third-order valence-electron chi connectivity index (χ3n) is 4.03. The van der Waals surface area contributed by atoms with Crippen LogP contribution in [-0.4, -0.2) is 25.6 Å². The maximum atomic E-state index is 12.0. The summed E-state index contributed by atoms with van der Waals surface area (Å²) < 4.78 is 5.18. The number of amides is 1. The first kappa shape index (κ1) is 16.0. The number of piperidine rings is 1. The molecule has 0 aliphatic carbocycles. The molecule has 1 heterocycles. The summed E-state index contributed by atoms with van der Waals surface area (Å²) in [5, 5.41) is 6.49. The van der Waals surface area contributed by atoms with Crippen LogP contribution < -0.4 is 10.6 Å². The first-order chi connectivity index (χ1) is 10.3. The SMILES string of the molecule is COCc1ccccc1CNC(=O)CCC1CCCCN1. The monoisotopic (exact) mass is 290 g/mol. The largest absolute Gasteiger partial charge is 0.380 e. The standard InChI is InChI=1S/C17H26N2O2/c1-21-13-15-7-3-2-6-14(15)12-19-17(20)10-9-16-8-4-5-11-18-16/h2-3,6-7,16,18H,4-5,8-13H2,1H3,(H,19,20). The Morgan fingerprint density at radius 1 is 1.33 bits per heavy atom. The fourth-order valence-corrected chi connectivity index (χ4v) is 2.78. The Balaban J connectivity index is 1.73. The first-order valence-electron chi connectivity index (χ1n) is 7.85. The summed E-state index contributed by atoms with van der Waals surface area (Å²) in [7, 11) is 1.69. The maximum Gasteiger partial charge on any atom is 0.220 e. The van der Waals surface area contributed by atoms with Gasteiger partial charge in [0.15, 0.2) is 0 Å². The van der Waals surface area contributed by atoms with Crippen LogP contribution in [0, 0.1) is 0 Å². The second-order valence-electron chi connectivity index (χ2n) is 5.66. The zero-order valence-electron chi connectivity index (χ0n) is 12.9. The first-order valence-corrected chi connectivity index (χ1v) is 7.85. The highest BCUT2D eigenvalue weighted by Gasteiger charge is 2.14. The predicted molar refractivity (Wildman–Crippen MR) is 83.9 cm³/mol. The van der Waals surface area contributed by atoms with E-state index >= 15 is 0 Å². The molecule has 1 aliphatic heterocycles. The maximum absolute atomic E-state index is 12.0. The van der Waals surface area contributed by atoms with Crippen LogP contribution in [0.25, 0.3) is 0 Å². The molecule has 2 rings (SSSR count). The molecule has 1 aromatic rings. The predicted octanol–water partition coefficient (Wildman–Crippen LogP) is 2.37. The van der Waals surface area contributed by atoms with Crippen molar-refractivity contribution >= 4 is 5.91 Å². The van der Waals surface area contributed by atoms with Crippen LogP contribution in [0.5, 0.6) is 0 Å². The van der Waals surface area contributed by atoms with Crippen LogP contribution in [-0.2, 0) is 22.7 Å². The number of ether oxygens (including phenoxy) is 1. The molecular formula is C17H26N2O2. The van der Waals surface area contributed by atoms with Crippen molar-refractivity contribution in [1.82, 2.24) is 10.6 Å². The number of carbonyl (C=O) groups excluding carboxylic acids is 1. The van der Waals surface area contributed by atoms with Crippen LogP contribution in [0.2, 0.25) is 0 Å². The van der Waals surface area contributed by atoms with Gasteiger partial charge in [-0.25, -0.2) is 0 Å². The normalized spacial score (nSPS) is 18.4. The number of methoxy groups -OCH3 is 1. The topological polar surface area (TPSA) is 50.4 Å². The van der Waals surface area contributed by atoms with E-state index in [-0.39, 0.29) is 5.91 Å². The molecule has 116 valence electrons. The van der Waals surface area contributed by atoms with Crippen LogP contribution in [0.1, 0.15) is 43.2 Å². The van der Waals surface area contributed by atoms with Gasteiger partial charge >= 0.3 is 0 Å². The Morgan fingerprint density at radius 2 is 2.14 bits per heavy atom. The van der Waals surface area contributed by atoms with Gasteiger partial charge in [0.2, 0.25) is 5.91 Å². The Labute approximate surface area is 127 Å². The molecule has 0 bridgehead atoms. The lowest BCUT2D eigenvalue weighted by Crippen LogP contribution is -2.35. The quantitative estimate of drug-likeness (QED) is 0.810. The molecule has 4 heteroatoms. The summed E-state index contributed by atoms with van der Waals surface area (Å²) in [5.74, 6) is 0.134. The second kappa shape index (κ2) is 8.80. The molecule has 0 spiro atoms. The van der Waals surface area contributed by atoms with Crippen LogP contribution in [0.3, 0.4) is 0 Å². The van der Waals surface area contributed by atoms with E-state index in [4.69, 9.17) is 4.74 Å². The third-order valence-corrected chi connectivity index (χ3v) is 4.03. The van der Waals surface area contributed by atoms with Gasteiger partial charge in [-0.2, -0.15) is 0 Å². The number of carbonyl (C=O) groups is 1. The van der Waals surface area contributed by atoms with Gasteiger partial charge in [-0.3, -0.25) is 4.79 Å². The van der Waals surface area contributed by atoms with Crippen molar-refractivity contribution in [3.8, 4) is 0 Å². The van der Waals surface area contributed by atoms with E-state index in [2.05, 4.69) is 10.6 Å². The molecule has 0 saturated carbocycles. The summed E-state index contributed by atoms with van der Waals surface area (Å²) in [4.78, 5) is 12.0. The fourth-order valence-electron chi connectivity index (χ4n) is 2.78. The summed E-state index contributed by atoms with van der Waals surface area (Å²) in [6, 6.07) is 8.58. The van der Waals surface area contributed by atoms with Gasteiger partial charge in [0.05, 0.1) is 6.61 Å². The molecule has 4 nitrogen and oxygen atoms in total. The van der Waals surface area contributed by atoms with Crippen molar-refractivity contribution in [2.45, 2.75) is 51.3 Å². The molecule has 1 aromatic carbocycles. The van der Waals surface area contributed by atoms with Gasteiger partial charge in [-0.15, -0.1) is 0 Å². The highest BCUT2D eigenvalue weighted by Crippen LogP contribution is 2.12. The summed E-state index contributed by atoms with van der Waals surface area (Å²) >= 11 is 0. The van der Waals surface area contributed by atoms with Gasteiger partial charge in [-0.1, -0.05) is 30.7 Å². The van der Waals surface area contributed by atoms with Crippen molar-refractivity contribution in [1.29, 1.82) is 0 Å². The van der Waals surface area contributed by atoms with Crippen molar-refractivity contribution in [3.05, 3.63) is 35.4 Å². The Bertz CT molecular complexity index is 442. The van der Waals surface area contributed by atoms with Crippen molar-refractivity contribution in [2.24, 2.45) is 0 Å². The minimum Gasteiger partial charge on any atom is -0.380 e. The molecule has 1 amide bonds. The Morgan fingerprint density at radius 3 is 2.86 bits per heavy atom. The highest BCUT2D eigenvalue weighted by atomic mass is 16.5. The Hall–Kier alpha value is -1.39. The van der Waals surface area contributed by atoms with Gasteiger partial charge in [-0.05, 0) is 36.9 Å². The molecule has 1 fully saturated rings. The van der Waals surface area contributed by atoms with E-state index in [0.29, 0.717) is 25.6 Å².